The Kier molecular flexibility index (Phi) is 3.93. The van der Waals surface area contributed by atoms with Gasteiger partial charge in [-0.25, -0.2) is 4.79 Å². The van der Waals surface area contributed by atoms with Gasteiger partial charge in [-0.1, -0.05) is 6.07 Å². The van der Waals surface area contributed by atoms with Gasteiger partial charge in [0.2, 0.25) is 0 Å². The average Bonchev–Trinajstić information content (AvgIpc) is 2.70. The van der Waals surface area contributed by atoms with Gasteiger partial charge >= 0.3 is 5.97 Å². The number of benzene rings is 1. The molecule has 0 aliphatic heterocycles. The van der Waals surface area contributed by atoms with E-state index in [0.29, 0.717) is 12.0 Å². The van der Waals surface area contributed by atoms with Gasteiger partial charge in [-0.05, 0) is 42.7 Å². The predicted octanol–water partition coefficient (Wildman–Crippen LogP) is 2.72. The molecule has 2 rings (SSSR count). The molecule has 0 amide bonds. The smallest absolute Gasteiger partial charge is 0.334 e. The molecule has 106 valence electrons. The summed E-state index contributed by atoms with van der Waals surface area (Å²) in [6.45, 7) is 3.42. The van der Waals surface area contributed by atoms with Gasteiger partial charge in [0.05, 0.1) is 14.2 Å². The number of carbonyl (C=O) groups excluding carboxylic acids is 2. The molecule has 0 aromatic heterocycles. The summed E-state index contributed by atoms with van der Waals surface area (Å²) in [6.07, 6.45) is 0.294. The van der Waals surface area contributed by atoms with Crippen molar-refractivity contribution in [3.05, 3.63) is 34.9 Å². The molecule has 4 heteroatoms. The van der Waals surface area contributed by atoms with Gasteiger partial charge in [0.15, 0.2) is 0 Å². The monoisotopic (exact) mass is 274 g/mol. The van der Waals surface area contributed by atoms with Crippen LogP contribution in [0.2, 0.25) is 0 Å². The molecule has 4 nitrogen and oxygen atoms in total. The molecular formula is C16H18O4. The van der Waals surface area contributed by atoms with Crippen molar-refractivity contribution in [1.29, 1.82) is 0 Å². The summed E-state index contributed by atoms with van der Waals surface area (Å²) < 4.78 is 10.1. The summed E-state index contributed by atoms with van der Waals surface area (Å²) in [4.78, 5) is 23.5. The molecule has 1 atom stereocenters. The molecule has 0 heterocycles. The first kappa shape index (κ1) is 14.3. The lowest BCUT2D eigenvalue weighted by molar-refractivity contribution is -0.136. The molecule has 0 saturated carbocycles. The molecule has 1 unspecified atom stereocenters. The van der Waals surface area contributed by atoms with Gasteiger partial charge in [-0.2, -0.15) is 0 Å². The number of esters is 1. The summed E-state index contributed by atoms with van der Waals surface area (Å²) in [7, 11) is 2.95. The van der Waals surface area contributed by atoms with E-state index in [-0.39, 0.29) is 17.7 Å². The highest BCUT2D eigenvalue weighted by molar-refractivity contribution is 6.03. The number of methoxy groups -OCH3 is 2. The van der Waals surface area contributed by atoms with Crippen molar-refractivity contribution in [1.82, 2.24) is 0 Å². The van der Waals surface area contributed by atoms with Crippen molar-refractivity contribution < 1.29 is 19.1 Å². The van der Waals surface area contributed by atoms with E-state index < -0.39 is 0 Å². The number of Topliss-reactive ketones (excluding diaryl/α,β-unsaturated/α-hetero) is 1. The minimum atomic E-state index is -0.371. The second-order valence-corrected chi connectivity index (χ2v) is 4.94. The van der Waals surface area contributed by atoms with Crippen LogP contribution in [0, 0.1) is 0 Å². The van der Waals surface area contributed by atoms with Crippen molar-refractivity contribution in [2.75, 3.05) is 14.2 Å². The SMILES string of the molecule is COC(=O)C1=C(C)c2ccc(OC)cc2C1CC(C)=O. The van der Waals surface area contributed by atoms with Crippen LogP contribution in [-0.2, 0) is 14.3 Å². The summed E-state index contributed by atoms with van der Waals surface area (Å²) in [5, 5.41) is 0. The highest BCUT2D eigenvalue weighted by atomic mass is 16.5. The van der Waals surface area contributed by atoms with E-state index in [1.54, 1.807) is 7.11 Å². The lowest BCUT2D eigenvalue weighted by atomic mass is 9.90. The highest BCUT2D eigenvalue weighted by Crippen LogP contribution is 2.45. The van der Waals surface area contributed by atoms with Crippen LogP contribution >= 0.6 is 0 Å². The molecule has 20 heavy (non-hydrogen) atoms. The van der Waals surface area contributed by atoms with E-state index in [9.17, 15) is 9.59 Å². The van der Waals surface area contributed by atoms with Gasteiger partial charge in [-0.3, -0.25) is 4.79 Å². The second kappa shape index (κ2) is 5.49. The molecule has 0 saturated heterocycles. The second-order valence-electron chi connectivity index (χ2n) is 4.94. The molecule has 1 aromatic rings. The van der Waals surface area contributed by atoms with E-state index in [0.717, 1.165) is 22.4 Å². The van der Waals surface area contributed by atoms with Crippen LogP contribution in [-0.4, -0.2) is 26.0 Å². The van der Waals surface area contributed by atoms with Crippen molar-refractivity contribution in [3.8, 4) is 5.75 Å². The Labute approximate surface area is 118 Å². The van der Waals surface area contributed by atoms with Gasteiger partial charge in [0.25, 0.3) is 0 Å². The molecule has 1 aliphatic carbocycles. The summed E-state index contributed by atoms with van der Waals surface area (Å²) in [5.74, 6) is 0.144. The Hall–Kier alpha value is -2.10. The topological polar surface area (TPSA) is 52.6 Å². The van der Waals surface area contributed by atoms with Gasteiger partial charge in [0.1, 0.15) is 11.5 Å². The Morgan fingerprint density at radius 3 is 2.50 bits per heavy atom. The number of hydrogen-bond donors (Lipinski definition) is 0. The van der Waals surface area contributed by atoms with Crippen LogP contribution in [0.25, 0.3) is 5.57 Å². The predicted molar refractivity (Wildman–Crippen MR) is 75.6 cm³/mol. The number of allylic oxidation sites excluding steroid dienone is 1. The maximum absolute atomic E-state index is 12.0. The molecular weight excluding hydrogens is 256 g/mol. The first-order valence-electron chi connectivity index (χ1n) is 6.46. The van der Waals surface area contributed by atoms with Gasteiger partial charge in [-0.15, -0.1) is 0 Å². The van der Waals surface area contributed by atoms with E-state index in [1.807, 2.05) is 25.1 Å². The Balaban J connectivity index is 2.55. The molecule has 1 aromatic carbocycles. The average molecular weight is 274 g/mol. The molecule has 0 spiro atoms. The van der Waals surface area contributed by atoms with Gasteiger partial charge < -0.3 is 9.47 Å². The maximum atomic E-state index is 12.0. The zero-order chi connectivity index (χ0) is 14.9. The molecule has 1 aliphatic rings. The fourth-order valence-corrected chi connectivity index (χ4v) is 2.76. The van der Waals surface area contributed by atoms with Crippen LogP contribution in [0.15, 0.2) is 23.8 Å². The van der Waals surface area contributed by atoms with Crippen molar-refractivity contribution >= 4 is 17.3 Å². The number of fused-ring (bicyclic) bond motifs is 1. The Morgan fingerprint density at radius 2 is 1.95 bits per heavy atom. The minimum Gasteiger partial charge on any atom is -0.497 e. The standard InChI is InChI=1S/C16H18O4/c1-9(17)7-14-13-8-11(19-3)5-6-12(13)10(2)15(14)16(18)20-4/h5-6,8,14H,7H2,1-4H3. The third-order valence-electron chi connectivity index (χ3n) is 3.69. The molecule has 0 N–H and O–H groups in total. The largest absolute Gasteiger partial charge is 0.497 e. The zero-order valence-electron chi connectivity index (χ0n) is 12.1. The van der Waals surface area contributed by atoms with Gasteiger partial charge in [0, 0.05) is 17.9 Å². The fourth-order valence-electron chi connectivity index (χ4n) is 2.76. The zero-order valence-corrected chi connectivity index (χ0v) is 12.1. The first-order valence-corrected chi connectivity index (χ1v) is 6.46. The normalized spacial score (nSPS) is 16.9. The third-order valence-corrected chi connectivity index (χ3v) is 3.69. The van der Waals surface area contributed by atoms with Crippen LogP contribution in [0.3, 0.4) is 0 Å². The van der Waals surface area contributed by atoms with Crippen molar-refractivity contribution in [2.24, 2.45) is 0 Å². The minimum absolute atomic E-state index is 0.0415. The third kappa shape index (κ3) is 2.33. The Bertz CT molecular complexity index is 598. The number of ketones is 1. The number of ether oxygens (including phenoxy) is 2. The fraction of sp³-hybridized carbons (Fsp3) is 0.375. The summed E-state index contributed by atoms with van der Waals surface area (Å²) >= 11 is 0. The Morgan fingerprint density at radius 1 is 1.25 bits per heavy atom. The van der Waals surface area contributed by atoms with Crippen molar-refractivity contribution in [2.45, 2.75) is 26.2 Å². The van der Waals surface area contributed by atoms with E-state index in [4.69, 9.17) is 9.47 Å². The van der Waals surface area contributed by atoms with Crippen LogP contribution in [0.4, 0.5) is 0 Å². The van der Waals surface area contributed by atoms with Crippen LogP contribution in [0.5, 0.6) is 5.75 Å². The van der Waals surface area contributed by atoms with Crippen LogP contribution < -0.4 is 4.74 Å². The number of carbonyl (C=O) groups is 2. The molecule has 0 radical (unpaired) electrons. The van der Waals surface area contributed by atoms with Crippen molar-refractivity contribution in [3.63, 3.8) is 0 Å². The number of rotatable bonds is 4. The van der Waals surface area contributed by atoms with Crippen LogP contribution in [0.1, 0.15) is 37.3 Å². The summed E-state index contributed by atoms with van der Waals surface area (Å²) in [5.41, 5.74) is 3.39. The lowest BCUT2D eigenvalue weighted by Gasteiger charge is -2.14. The molecule has 0 fully saturated rings. The van der Waals surface area contributed by atoms with E-state index >= 15 is 0 Å². The maximum Gasteiger partial charge on any atom is 0.334 e. The first-order chi connectivity index (χ1) is 9.49. The van der Waals surface area contributed by atoms with E-state index in [1.165, 1.54) is 14.0 Å². The lowest BCUT2D eigenvalue weighted by Crippen LogP contribution is -2.13. The summed E-state index contributed by atoms with van der Waals surface area (Å²) in [6, 6.07) is 5.67. The number of hydrogen-bond acceptors (Lipinski definition) is 4. The molecule has 0 bridgehead atoms. The quantitative estimate of drug-likeness (QED) is 0.792. The highest BCUT2D eigenvalue weighted by Gasteiger charge is 2.35. The van der Waals surface area contributed by atoms with E-state index in [2.05, 4.69) is 0 Å².